The molecular weight excluding hydrogens is 523 g/mol. The highest BCUT2D eigenvalue weighted by Gasteiger charge is 2.29. The number of hydrogen-bond acceptors (Lipinski definition) is 9. The van der Waals surface area contributed by atoms with Gasteiger partial charge in [-0.3, -0.25) is 19.2 Å². The Morgan fingerprint density at radius 2 is 1.84 bits per heavy atom. The van der Waals surface area contributed by atoms with Crippen molar-refractivity contribution in [3.63, 3.8) is 0 Å². The molecule has 38 heavy (non-hydrogen) atoms. The van der Waals surface area contributed by atoms with E-state index >= 15 is 0 Å². The van der Waals surface area contributed by atoms with E-state index in [9.17, 15) is 27.7 Å². The van der Waals surface area contributed by atoms with E-state index in [1.165, 1.54) is 55.6 Å². The molecule has 0 saturated heterocycles. The summed E-state index contributed by atoms with van der Waals surface area (Å²) in [7, 11) is -3.03. The highest BCUT2D eigenvalue weighted by Crippen LogP contribution is 2.34. The summed E-state index contributed by atoms with van der Waals surface area (Å²) in [5, 5.41) is 15.0. The summed E-state index contributed by atoms with van der Waals surface area (Å²) in [6.07, 6.45) is 1.15. The number of benzene rings is 3. The third-order valence-electron chi connectivity index (χ3n) is 5.31. The van der Waals surface area contributed by atoms with Crippen LogP contribution >= 0.6 is 0 Å². The number of rotatable bonds is 9. The van der Waals surface area contributed by atoms with Crippen molar-refractivity contribution in [2.45, 2.75) is 4.90 Å². The molecule has 4 rings (SSSR count). The average Bonchev–Trinajstić information content (AvgIpc) is 2.92. The van der Waals surface area contributed by atoms with E-state index in [2.05, 4.69) is 10.5 Å². The molecular formula is C24H21FN4O8S. The van der Waals surface area contributed by atoms with Gasteiger partial charge in [-0.1, -0.05) is 0 Å². The maximum absolute atomic E-state index is 13.5. The summed E-state index contributed by atoms with van der Waals surface area (Å²) in [6.45, 7) is -0.135. The minimum absolute atomic E-state index is 0.0335. The zero-order valence-electron chi connectivity index (χ0n) is 19.9. The Kier molecular flexibility index (Phi) is 7.71. The molecule has 0 bridgehead atoms. The van der Waals surface area contributed by atoms with Crippen LogP contribution in [0.4, 0.5) is 15.8 Å². The Morgan fingerprint density at radius 3 is 2.53 bits per heavy atom. The summed E-state index contributed by atoms with van der Waals surface area (Å²) in [4.78, 5) is 23.1. The van der Waals surface area contributed by atoms with Gasteiger partial charge in [0.15, 0.2) is 17.2 Å². The number of carbonyl (C=O) groups excluding carboxylic acids is 1. The number of carbonyl (C=O) groups is 1. The standard InChI is InChI=1S/C24H21FN4O8S/c1-35-21-8-2-16(12-20(21)29(31)32)14-26-27-24(30)15-28(18-5-3-17(25)4-6-18)38(33,34)19-7-9-22-23(13-19)37-11-10-36-22/h2-9,12-14H,10-11,15H2,1H3,(H,27,30). The molecule has 1 aliphatic heterocycles. The second kappa shape index (κ2) is 11.1. The van der Waals surface area contributed by atoms with E-state index in [1.54, 1.807) is 0 Å². The van der Waals surface area contributed by atoms with Crippen molar-refractivity contribution < 1.29 is 36.7 Å². The summed E-state index contributed by atoms with van der Waals surface area (Å²) in [6, 6.07) is 12.7. The fourth-order valence-corrected chi connectivity index (χ4v) is 4.95. The smallest absolute Gasteiger partial charge is 0.311 e. The molecule has 0 spiro atoms. The highest BCUT2D eigenvalue weighted by atomic mass is 32.2. The van der Waals surface area contributed by atoms with Crippen molar-refractivity contribution in [3.8, 4) is 17.2 Å². The second-order valence-corrected chi connectivity index (χ2v) is 9.64. The van der Waals surface area contributed by atoms with Crippen molar-refractivity contribution in [1.29, 1.82) is 0 Å². The molecule has 0 radical (unpaired) electrons. The van der Waals surface area contributed by atoms with Crippen LogP contribution in [0.25, 0.3) is 0 Å². The number of nitrogens with one attached hydrogen (secondary N) is 1. The van der Waals surface area contributed by atoms with E-state index in [-0.39, 0.29) is 39.9 Å². The molecule has 0 aromatic heterocycles. The van der Waals surface area contributed by atoms with Crippen LogP contribution in [0.15, 0.2) is 70.7 Å². The molecule has 14 heteroatoms. The first-order chi connectivity index (χ1) is 18.2. The van der Waals surface area contributed by atoms with E-state index < -0.39 is 33.2 Å². The van der Waals surface area contributed by atoms with Gasteiger partial charge in [-0.25, -0.2) is 18.2 Å². The van der Waals surface area contributed by atoms with Crippen molar-refractivity contribution in [2.24, 2.45) is 5.10 Å². The number of nitro benzene ring substituents is 1. The summed E-state index contributed by atoms with van der Waals surface area (Å²) in [5.41, 5.74) is 2.22. The number of amides is 1. The molecule has 1 aliphatic rings. The van der Waals surface area contributed by atoms with Gasteiger partial charge in [-0.05, 0) is 48.5 Å². The summed E-state index contributed by atoms with van der Waals surface area (Å²) in [5.74, 6) is -0.744. The van der Waals surface area contributed by atoms with Crippen LogP contribution < -0.4 is 23.9 Å². The van der Waals surface area contributed by atoms with Crippen LogP contribution in [0.2, 0.25) is 0 Å². The molecule has 3 aromatic rings. The van der Waals surface area contributed by atoms with E-state index in [4.69, 9.17) is 14.2 Å². The fourth-order valence-electron chi connectivity index (χ4n) is 3.51. The average molecular weight is 545 g/mol. The lowest BCUT2D eigenvalue weighted by molar-refractivity contribution is -0.385. The van der Waals surface area contributed by atoms with Gasteiger partial charge in [0.1, 0.15) is 25.6 Å². The van der Waals surface area contributed by atoms with Gasteiger partial charge in [-0.2, -0.15) is 5.10 Å². The minimum Gasteiger partial charge on any atom is -0.490 e. The van der Waals surface area contributed by atoms with E-state index in [0.29, 0.717) is 12.4 Å². The van der Waals surface area contributed by atoms with Gasteiger partial charge in [0, 0.05) is 17.7 Å². The van der Waals surface area contributed by atoms with Gasteiger partial charge in [-0.15, -0.1) is 0 Å². The van der Waals surface area contributed by atoms with Gasteiger partial charge >= 0.3 is 5.69 Å². The number of anilines is 1. The number of nitrogens with zero attached hydrogens (tertiary/aromatic N) is 3. The largest absolute Gasteiger partial charge is 0.490 e. The van der Waals surface area contributed by atoms with Crippen LogP contribution in [-0.2, 0) is 14.8 Å². The van der Waals surface area contributed by atoms with Crippen LogP contribution in [0.3, 0.4) is 0 Å². The minimum atomic E-state index is -4.32. The Hall–Kier alpha value is -4.72. The predicted molar refractivity (Wildman–Crippen MR) is 134 cm³/mol. The predicted octanol–water partition coefficient (Wildman–Crippen LogP) is 2.86. The summed E-state index contributed by atoms with van der Waals surface area (Å²) >= 11 is 0. The topological polar surface area (TPSA) is 150 Å². The Labute approximate surface area is 216 Å². The molecule has 0 fully saturated rings. The second-order valence-electron chi connectivity index (χ2n) is 7.78. The Morgan fingerprint density at radius 1 is 1.13 bits per heavy atom. The van der Waals surface area contributed by atoms with Gasteiger partial charge < -0.3 is 14.2 Å². The quantitative estimate of drug-likeness (QED) is 0.246. The maximum Gasteiger partial charge on any atom is 0.311 e. The maximum atomic E-state index is 13.5. The number of nitro groups is 1. The van der Waals surface area contributed by atoms with E-state index in [0.717, 1.165) is 22.7 Å². The Bertz CT molecular complexity index is 1500. The van der Waals surface area contributed by atoms with Gasteiger partial charge in [0.05, 0.1) is 28.8 Å². The van der Waals surface area contributed by atoms with Crippen LogP contribution in [0, 0.1) is 15.9 Å². The molecule has 0 atom stereocenters. The lowest BCUT2D eigenvalue weighted by Crippen LogP contribution is -2.39. The molecule has 1 amide bonds. The molecule has 1 heterocycles. The highest BCUT2D eigenvalue weighted by molar-refractivity contribution is 7.92. The molecule has 0 saturated carbocycles. The lowest BCUT2D eigenvalue weighted by Gasteiger charge is -2.25. The fraction of sp³-hybridized carbons (Fsp3) is 0.167. The number of sulfonamides is 1. The Balaban J connectivity index is 1.56. The number of halogens is 1. The first-order valence-electron chi connectivity index (χ1n) is 11.0. The first kappa shape index (κ1) is 26.3. The third-order valence-corrected chi connectivity index (χ3v) is 7.08. The van der Waals surface area contributed by atoms with Crippen LogP contribution in [0.1, 0.15) is 5.56 Å². The normalized spacial score (nSPS) is 12.7. The number of ether oxygens (including phenoxy) is 3. The molecule has 198 valence electrons. The number of hydrogen-bond donors (Lipinski definition) is 1. The monoisotopic (exact) mass is 544 g/mol. The van der Waals surface area contributed by atoms with Gasteiger partial charge in [0.2, 0.25) is 0 Å². The molecule has 0 aliphatic carbocycles. The third kappa shape index (κ3) is 5.81. The van der Waals surface area contributed by atoms with E-state index in [1.807, 2.05) is 0 Å². The molecule has 12 nitrogen and oxygen atoms in total. The summed E-state index contributed by atoms with van der Waals surface area (Å²) < 4.78 is 57.2. The number of fused-ring (bicyclic) bond motifs is 1. The van der Waals surface area contributed by atoms with Crippen LogP contribution in [0.5, 0.6) is 17.2 Å². The van der Waals surface area contributed by atoms with Crippen LogP contribution in [-0.4, -0.2) is 52.3 Å². The van der Waals surface area contributed by atoms with Crippen molar-refractivity contribution in [2.75, 3.05) is 31.2 Å². The molecule has 0 unspecified atom stereocenters. The lowest BCUT2D eigenvalue weighted by atomic mass is 10.2. The zero-order valence-corrected chi connectivity index (χ0v) is 20.7. The number of hydrazone groups is 1. The first-order valence-corrected chi connectivity index (χ1v) is 12.5. The van der Waals surface area contributed by atoms with Gasteiger partial charge in [0.25, 0.3) is 15.9 Å². The van der Waals surface area contributed by atoms with Crippen molar-refractivity contribution in [3.05, 3.63) is 82.2 Å². The molecule has 3 aromatic carbocycles. The van der Waals surface area contributed by atoms with Crippen molar-refractivity contribution >= 4 is 33.5 Å². The molecule has 1 N–H and O–H groups in total. The number of methoxy groups -OCH3 is 1. The SMILES string of the molecule is COc1ccc(C=NNC(=O)CN(c2ccc(F)cc2)S(=O)(=O)c2ccc3c(c2)OCCO3)cc1[N+](=O)[O-]. The zero-order chi connectivity index (χ0) is 27.3. The van der Waals surface area contributed by atoms with Crippen molar-refractivity contribution in [1.82, 2.24) is 5.43 Å².